The number of nitrogens with one attached hydrogen (secondary N) is 1. The number of pyridine rings is 1. The molecule has 2 amide bonds. The van der Waals surface area contributed by atoms with Gasteiger partial charge in [0.15, 0.2) is 0 Å². The Morgan fingerprint density at radius 1 is 1.05 bits per heavy atom. The Morgan fingerprint density at radius 2 is 1.80 bits per heavy atom. The van der Waals surface area contributed by atoms with Gasteiger partial charge in [0, 0.05) is 49.9 Å². The van der Waals surface area contributed by atoms with Gasteiger partial charge in [-0.25, -0.2) is 4.68 Å². The van der Waals surface area contributed by atoms with Crippen molar-refractivity contribution in [3.63, 3.8) is 0 Å². The summed E-state index contributed by atoms with van der Waals surface area (Å²) in [5.74, 6) is -0.450. The fourth-order valence-electron chi connectivity index (χ4n) is 8.63. The molecule has 0 saturated carbocycles. The zero-order valence-corrected chi connectivity index (χ0v) is 33.9. The van der Waals surface area contributed by atoms with Gasteiger partial charge in [0.25, 0.3) is 0 Å². The van der Waals surface area contributed by atoms with Crippen molar-refractivity contribution in [2.45, 2.75) is 82.3 Å². The highest BCUT2D eigenvalue weighted by molar-refractivity contribution is 5.82. The molecule has 59 heavy (non-hydrogen) atoms. The van der Waals surface area contributed by atoms with Crippen molar-refractivity contribution in [3.8, 4) is 17.2 Å². The zero-order chi connectivity index (χ0) is 42.1. The van der Waals surface area contributed by atoms with Crippen LogP contribution in [-0.2, 0) is 26.3 Å². The number of carbonyl (C=O) groups is 2. The number of β-amino-alcohol motifs (C(OH)–C–C–N with tert-alkyl or cyclic N) is 1. The second-order valence-corrected chi connectivity index (χ2v) is 16.5. The van der Waals surface area contributed by atoms with Crippen molar-refractivity contribution in [2.75, 3.05) is 46.4 Å². The first-order chi connectivity index (χ1) is 28.0. The number of aliphatic hydroxyl groups is 1. The highest BCUT2D eigenvalue weighted by Crippen LogP contribution is 2.48. The van der Waals surface area contributed by atoms with Crippen molar-refractivity contribution in [2.24, 2.45) is 5.92 Å². The van der Waals surface area contributed by atoms with Crippen molar-refractivity contribution < 1.29 is 42.1 Å². The van der Waals surface area contributed by atoms with E-state index in [9.17, 15) is 27.9 Å². The van der Waals surface area contributed by atoms with E-state index in [0.717, 1.165) is 11.1 Å². The average molecular weight is 820 g/mol. The third kappa shape index (κ3) is 9.25. The summed E-state index contributed by atoms with van der Waals surface area (Å²) in [6.45, 7) is 7.10. The predicted molar refractivity (Wildman–Crippen MR) is 212 cm³/mol. The Labute approximate surface area is 342 Å². The predicted octanol–water partition coefficient (Wildman–Crippen LogP) is 4.88. The first-order valence-electron chi connectivity index (χ1n) is 19.9. The molecule has 3 aliphatic heterocycles. The number of para-hydroxylation sites is 1. The topological polar surface area (TPSA) is 135 Å². The fourth-order valence-corrected chi connectivity index (χ4v) is 8.63. The lowest BCUT2D eigenvalue weighted by Gasteiger charge is -2.47. The van der Waals surface area contributed by atoms with Crippen LogP contribution in [0.4, 0.5) is 13.2 Å². The van der Waals surface area contributed by atoms with Gasteiger partial charge >= 0.3 is 6.18 Å². The van der Waals surface area contributed by atoms with E-state index in [4.69, 9.17) is 19.3 Å². The summed E-state index contributed by atoms with van der Waals surface area (Å²) in [6.07, 6.45) is -0.727. The van der Waals surface area contributed by atoms with Crippen molar-refractivity contribution >= 4 is 11.8 Å². The summed E-state index contributed by atoms with van der Waals surface area (Å²) < 4.78 is 59.5. The molecular formula is C43H52F3N7O6. The molecule has 2 saturated heterocycles. The van der Waals surface area contributed by atoms with E-state index < -0.39 is 60.1 Å². The number of ether oxygens (including phenoxy) is 3. The minimum absolute atomic E-state index is 0.0367. The van der Waals surface area contributed by atoms with E-state index in [2.05, 4.69) is 10.3 Å². The molecule has 16 heteroatoms. The molecule has 5 heterocycles. The fraction of sp³-hybridized carbons (Fsp3) is 0.488. The molecule has 4 aromatic rings. The smallest absolute Gasteiger partial charge is 0.405 e. The maximum Gasteiger partial charge on any atom is 0.405 e. The number of nitrogens with zero attached hydrogens (tertiary/aromatic N) is 6. The SMILES string of the molecule is COc1cncc(-n2ccc(C(C)(C)N3CCN(C[C@@H](O)C[C@@H](Cc4ccccc4)C(=O)N4[C@H]5c6ccccc6OC[C@H]5OC4(C)C)[C@H](C(=O)NCC(F)(F)F)C3)n2)c1. The lowest BCUT2D eigenvalue weighted by Crippen LogP contribution is -2.63. The summed E-state index contributed by atoms with van der Waals surface area (Å²) in [4.78, 5) is 38.3. The molecular weight excluding hydrogens is 768 g/mol. The van der Waals surface area contributed by atoms with Gasteiger partial charge in [-0.1, -0.05) is 48.5 Å². The van der Waals surface area contributed by atoms with Crippen LogP contribution in [0.5, 0.6) is 11.5 Å². The number of rotatable bonds is 13. The number of aromatic nitrogens is 3. The molecule has 7 rings (SSSR count). The van der Waals surface area contributed by atoms with Gasteiger partial charge in [-0.15, -0.1) is 0 Å². The zero-order valence-electron chi connectivity index (χ0n) is 33.9. The third-order valence-corrected chi connectivity index (χ3v) is 11.7. The van der Waals surface area contributed by atoms with Crippen LogP contribution in [0, 0.1) is 5.92 Å². The highest BCUT2D eigenvalue weighted by atomic mass is 19.4. The summed E-state index contributed by atoms with van der Waals surface area (Å²) >= 11 is 0. The summed E-state index contributed by atoms with van der Waals surface area (Å²) in [5.41, 5.74) is 1.37. The Kier molecular flexibility index (Phi) is 12.1. The number of amides is 2. The van der Waals surface area contributed by atoms with E-state index >= 15 is 0 Å². The maximum absolute atomic E-state index is 14.9. The van der Waals surface area contributed by atoms with Gasteiger partial charge in [0.2, 0.25) is 11.8 Å². The van der Waals surface area contributed by atoms with Crippen molar-refractivity contribution in [1.82, 2.24) is 34.8 Å². The Hall–Kier alpha value is -5.03. The van der Waals surface area contributed by atoms with Crippen molar-refractivity contribution in [1.29, 1.82) is 0 Å². The van der Waals surface area contributed by atoms with E-state index in [0.29, 0.717) is 35.8 Å². The van der Waals surface area contributed by atoms with Gasteiger partial charge in [-0.05, 0) is 58.2 Å². The van der Waals surface area contributed by atoms with Gasteiger partial charge < -0.3 is 29.5 Å². The number of aliphatic hydroxyl groups excluding tert-OH is 1. The Bertz CT molecular complexity index is 2100. The molecule has 0 bridgehead atoms. The molecule has 0 radical (unpaired) electrons. The summed E-state index contributed by atoms with van der Waals surface area (Å²) in [6, 6.07) is 19.3. The number of carbonyl (C=O) groups excluding carboxylic acids is 2. The minimum Gasteiger partial charge on any atom is -0.495 e. The molecule has 2 aromatic carbocycles. The van der Waals surface area contributed by atoms with Crippen LogP contribution < -0.4 is 14.8 Å². The van der Waals surface area contributed by atoms with E-state index in [1.165, 1.54) is 0 Å². The monoisotopic (exact) mass is 819 g/mol. The molecule has 13 nitrogen and oxygen atoms in total. The molecule has 5 atom stereocenters. The molecule has 0 aliphatic carbocycles. The lowest BCUT2D eigenvalue weighted by molar-refractivity contribution is -0.153. The number of alkyl halides is 3. The Morgan fingerprint density at radius 3 is 2.54 bits per heavy atom. The van der Waals surface area contributed by atoms with Gasteiger partial charge in [0.1, 0.15) is 42.5 Å². The van der Waals surface area contributed by atoms with Crippen LogP contribution in [0.2, 0.25) is 0 Å². The van der Waals surface area contributed by atoms with Crippen LogP contribution in [0.3, 0.4) is 0 Å². The van der Waals surface area contributed by atoms with Crippen LogP contribution >= 0.6 is 0 Å². The quantitative estimate of drug-likeness (QED) is 0.192. The lowest BCUT2D eigenvalue weighted by atomic mass is 9.89. The molecule has 2 N–H and O–H groups in total. The standard InChI is InChI=1S/C43H52F3N7O6/c1-41(2,37-15-16-52(49-37)30-21-32(57-5)23-47-22-30)51-18-17-50(34(25-51)39(55)48-27-43(44,45)46)24-31(54)20-29(19-28-11-7-6-8-12-28)40(56)53-38-33-13-9-10-14-35(33)58-26-36(38)59-42(53,3)4/h6-16,21-23,29,31,34,36,38,54H,17-20,24-27H2,1-5H3,(H,48,55)/t29-,31+,34+,36-,38+/m1/s1. The summed E-state index contributed by atoms with van der Waals surface area (Å²) in [7, 11) is 1.55. The van der Waals surface area contributed by atoms with Gasteiger partial charge in [0.05, 0.1) is 48.6 Å². The minimum atomic E-state index is -4.61. The normalized spacial score (nSPS) is 21.8. The first kappa shape index (κ1) is 42.1. The van der Waals surface area contributed by atoms with E-state index in [1.54, 1.807) is 46.2 Å². The maximum atomic E-state index is 14.9. The Balaban J connectivity index is 1.11. The molecule has 2 aromatic heterocycles. The molecule has 316 valence electrons. The molecule has 3 aliphatic rings. The number of piperazine rings is 1. The highest BCUT2D eigenvalue weighted by Gasteiger charge is 2.54. The summed E-state index contributed by atoms with van der Waals surface area (Å²) in [5, 5.41) is 18.7. The van der Waals surface area contributed by atoms with Crippen LogP contribution in [0.25, 0.3) is 5.69 Å². The first-order valence-corrected chi connectivity index (χ1v) is 19.9. The number of benzene rings is 2. The second kappa shape index (κ2) is 16.9. The van der Waals surface area contributed by atoms with Crippen LogP contribution in [0.1, 0.15) is 57.0 Å². The number of hydrogen-bond acceptors (Lipinski definition) is 10. The second-order valence-electron chi connectivity index (χ2n) is 16.5. The molecule has 0 unspecified atom stereocenters. The third-order valence-electron chi connectivity index (χ3n) is 11.7. The number of halogens is 3. The van der Waals surface area contributed by atoms with Gasteiger partial charge in [-0.3, -0.25) is 24.4 Å². The average Bonchev–Trinajstić information content (AvgIpc) is 3.82. The number of methoxy groups -OCH3 is 1. The van der Waals surface area contributed by atoms with Crippen LogP contribution in [-0.4, -0.2) is 123 Å². The largest absolute Gasteiger partial charge is 0.495 e. The van der Waals surface area contributed by atoms with E-state index in [1.807, 2.05) is 93.3 Å². The number of hydrogen-bond donors (Lipinski definition) is 2. The van der Waals surface area contributed by atoms with Gasteiger partial charge in [-0.2, -0.15) is 18.3 Å². The molecule has 2 fully saturated rings. The van der Waals surface area contributed by atoms with E-state index in [-0.39, 0.29) is 38.6 Å². The molecule has 0 spiro atoms. The van der Waals surface area contributed by atoms with Crippen molar-refractivity contribution in [3.05, 3.63) is 102 Å². The number of fused-ring (bicyclic) bond motifs is 3. The van der Waals surface area contributed by atoms with Crippen LogP contribution in [0.15, 0.2) is 85.3 Å².